The highest BCUT2D eigenvalue weighted by atomic mass is 79.9. The first-order valence-corrected chi connectivity index (χ1v) is 12.9. The minimum atomic E-state index is -0.582. The molecule has 0 radical (unpaired) electrons. The van der Waals surface area contributed by atoms with Crippen molar-refractivity contribution < 1.29 is 19.1 Å². The van der Waals surface area contributed by atoms with Crippen molar-refractivity contribution in [2.24, 2.45) is 0 Å². The molecule has 3 rings (SSSR count). The van der Waals surface area contributed by atoms with Gasteiger partial charge in [-0.05, 0) is 96.4 Å². The van der Waals surface area contributed by atoms with Crippen LogP contribution < -0.4 is 20.1 Å². The molecule has 0 aliphatic heterocycles. The van der Waals surface area contributed by atoms with Gasteiger partial charge in [0.15, 0.2) is 6.61 Å². The number of carbonyl (C=O) groups is 2. The Morgan fingerprint density at radius 1 is 1.03 bits per heavy atom. The summed E-state index contributed by atoms with van der Waals surface area (Å²) in [7, 11) is 0. The van der Waals surface area contributed by atoms with Gasteiger partial charge in [0.1, 0.15) is 23.1 Å². The maximum absolute atomic E-state index is 12.8. The maximum atomic E-state index is 12.8. The molecule has 0 spiro atoms. The minimum Gasteiger partial charge on any atom is -0.494 e. The molecule has 9 heteroatoms. The molecule has 0 saturated carbocycles. The third-order valence-electron chi connectivity index (χ3n) is 5.35. The number of rotatable bonds is 9. The number of carbonyl (C=O) groups excluding carboxylic acids is 2. The van der Waals surface area contributed by atoms with E-state index in [9.17, 15) is 14.9 Å². The molecule has 3 aromatic carbocycles. The van der Waals surface area contributed by atoms with Crippen molar-refractivity contribution in [3.05, 3.63) is 85.8 Å². The van der Waals surface area contributed by atoms with Crippen LogP contribution in [-0.4, -0.2) is 25.0 Å². The van der Waals surface area contributed by atoms with E-state index in [1.54, 1.807) is 36.4 Å². The number of amides is 2. The van der Waals surface area contributed by atoms with Gasteiger partial charge >= 0.3 is 0 Å². The fourth-order valence-electron chi connectivity index (χ4n) is 3.35. The monoisotopic (exact) mass is 625 g/mol. The van der Waals surface area contributed by atoms with Gasteiger partial charge in [0.2, 0.25) is 0 Å². The molecule has 0 atom stereocenters. The lowest BCUT2D eigenvalue weighted by Gasteiger charge is -2.14. The SMILES string of the molecule is CCOc1ccc(NC(=O)/C(C#N)=C/c2cc(Br)cc(Br)c2OCC(=O)Nc2cccc(C)c2C)cc1. The van der Waals surface area contributed by atoms with Crippen molar-refractivity contribution in [2.45, 2.75) is 20.8 Å². The van der Waals surface area contributed by atoms with Crippen molar-refractivity contribution in [3.8, 4) is 17.6 Å². The predicted octanol–water partition coefficient (Wildman–Crippen LogP) is 6.79. The average molecular weight is 627 g/mol. The van der Waals surface area contributed by atoms with E-state index in [4.69, 9.17) is 9.47 Å². The summed E-state index contributed by atoms with van der Waals surface area (Å²) in [5.41, 5.74) is 3.57. The van der Waals surface area contributed by atoms with Gasteiger partial charge < -0.3 is 20.1 Å². The zero-order chi connectivity index (χ0) is 26.9. The lowest BCUT2D eigenvalue weighted by molar-refractivity contribution is -0.118. The number of halogens is 2. The number of nitriles is 1. The summed E-state index contributed by atoms with van der Waals surface area (Å²) in [5, 5.41) is 15.2. The van der Waals surface area contributed by atoms with E-state index >= 15 is 0 Å². The van der Waals surface area contributed by atoms with Gasteiger partial charge in [-0.25, -0.2) is 0 Å². The number of aryl methyl sites for hydroxylation is 1. The summed E-state index contributed by atoms with van der Waals surface area (Å²) in [6, 6.07) is 17.9. The quantitative estimate of drug-likeness (QED) is 0.201. The molecule has 0 unspecified atom stereocenters. The summed E-state index contributed by atoms with van der Waals surface area (Å²) in [5.74, 6) is 0.0772. The van der Waals surface area contributed by atoms with E-state index in [-0.39, 0.29) is 18.1 Å². The van der Waals surface area contributed by atoms with Crippen molar-refractivity contribution in [1.82, 2.24) is 0 Å². The summed E-state index contributed by atoms with van der Waals surface area (Å²) in [6.07, 6.45) is 1.41. The van der Waals surface area contributed by atoms with Gasteiger partial charge in [0, 0.05) is 21.4 Å². The van der Waals surface area contributed by atoms with Crippen LogP contribution in [0, 0.1) is 25.2 Å². The second-order valence-corrected chi connectivity index (χ2v) is 9.74. The van der Waals surface area contributed by atoms with Gasteiger partial charge in [-0.2, -0.15) is 5.26 Å². The van der Waals surface area contributed by atoms with Crippen LogP contribution >= 0.6 is 31.9 Å². The summed E-state index contributed by atoms with van der Waals surface area (Å²) in [4.78, 5) is 25.4. The second kappa shape index (κ2) is 13.1. The van der Waals surface area contributed by atoms with Gasteiger partial charge in [0.05, 0.1) is 11.1 Å². The third kappa shape index (κ3) is 7.68. The number of hydrogen-bond acceptors (Lipinski definition) is 5. The molecule has 0 heterocycles. The number of hydrogen-bond donors (Lipinski definition) is 2. The normalized spacial score (nSPS) is 10.9. The molecule has 3 aromatic rings. The van der Waals surface area contributed by atoms with Crippen LogP contribution in [0.3, 0.4) is 0 Å². The second-order valence-electron chi connectivity index (χ2n) is 7.97. The highest BCUT2D eigenvalue weighted by Gasteiger charge is 2.16. The first kappa shape index (κ1) is 28.0. The molecule has 37 heavy (non-hydrogen) atoms. The lowest BCUT2D eigenvalue weighted by atomic mass is 10.1. The summed E-state index contributed by atoms with van der Waals surface area (Å²) >= 11 is 6.87. The number of benzene rings is 3. The largest absolute Gasteiger partial charge is 0.494 e. The predicted molar refractivity (Wildman–Crippen MR) is 152 cm³/mol. The van der Waals surface area contributed by atoms with Crippen LogP contribution in [0.25, 0.3) is 6.08 Å². The Bertz CT molecular complexity index is 1380. The highest BCUT2D eigenvalue weighted by Crippen LogP contribution is 2.34. The molecular formula is C28H25Br2N3O4. The Morgan fingerprint density at radius 2 is 1.76 bits per heavy atom. The molecule has 2 amide bonds. The maximum Gasteiger partial charge on any atom is 0.266 e. The van der Waals surface area contributed by atoms with Crippen molar-refractivity contribution in [3.63, 3.8) is 0 Å². The Labute approximate surface area is 232 Å². The van der Waals surface area contributed by atoms with Crippen LogP contribution in [0.2, 0.25) is 0 Å². The zero-order valence-electron chi connectivity index (χ0n) is 20.5. The van der Waals surface area contributed by atoms with E-state index in [0.717, 1.165) is 11.1 Å². The Morgan fingerprint density at radius 3 is 2.43 bits per heavy atom. The fourth-order valence-corrected chi connectivity index (χ4v) is 4.73. The van der Waals surface area contributed by atoms with E-state index in [0.29, 0.717) is 44.0 Å². The van der Waals surface area contributed by atoms with E-state index in [1.165, 1.54) is 6.08 Å². The molecular weight excluding hydrogens is 602 g/mol. The summed E-state index contributed by atoms with van der Waals surface area (Å²) < 4.78 is 12.5. The fraction of sp³-hybridized carbons (Fsp3) is 0.179. The molecule has 0 aliphatic rings. The number of nitrogens with zero attached hydrogens (tertiary/aromatic N) is 1. The van der Waals surface area contributed by atoms with Gasteiger partial charge in [-0.15, -0.1) is 0 Å². The van der Waals surface area contributed by atoms with Crippen molar-refractivity contribution in [2.75, 3.05) is 23.8 Å². The van der Waals surface area contributed by atoms with Crippen molar-refractivity contribution >= 4 is 61.1 Å². The van der Waals surface area contributed by atoms with Crippen molar-refractivity contribution in [1.29, 1.82) is 5.26 Å². The van der Waals surface area contributed by atoms with Crippen LogP contribution in [0.5, 0.6) is 11.5 Å². The van der Waals surface area contributed by atoms with E-state index in [1.807, 2.05) is 45.0 Å². The number of ether oxygens (including phenoxy) is 2. The van der Waals surface area contributed by atoms with E-state index < -0.39 is 5.91 Å². The minimum absolute atomic E-state index is 0.136. The molecule has 190 valence electrons. The Hall–Kier alpha value is -3.61. The summed E-state index contributed by atoms with van der Waals surface area (Å²) in [6.45, 7) is 6.05. The average Bonchev–Trinajstić information content (AvgIpc) is 2.86. The lowest BCUT2D eigenvalue weighted by Crippen LogP contribution is -2.21. The molecule has 0 fully saturated rings. The van der Waals surface area contributed by atoms with Crippen LogP contribution in [-0.2, 0) is 9.59 Å². The highest BCUT2D eigenvalue weighted by molar-refractivity contribution is 9.11. The zero-order valence-corrected chi connectivity index (χ0v) is 23.7. The Kier molecular flexibility index (Phi) is 9.89. The first-order chi connectivity index (χ1) is 17.7. The topological polar surface area (TPSA) is 100 Å². The first-order valence-electron chi connectivity index (χ1n) is 11.4. The van der Waals surface area contributed by atoms with Crippen LogP contribution in [0.4, 0.5) is 11.4 Å². The molecule has 7 nitrogen and oxygen atoms in total. The molecule has 0 bridgehead atoms. The molecule has 0 aromatic heterocycles. The smallest absolute Gasteiger partial charge is 0.266 e. The van der Waals surface area contributed by atoms with Gasteiger partial charge in [-0.1, -0.05) is 28.1 Å². The third-order valence-corrected chi connectivity index (χ3v) is 6.40. The van der Waals surface area contributed by atoms with Crippen LogP contribution in [0.15, 0.2) is 69.1 Å². The molecule has 0 saturated heterocycles. The van der Waals surface area contributed by atoms with Gasteiger partial charge in [-0.3, -0.25) is 9.59 Å². The van der Waals surface area contributed by atoms with E-state index in [2.05, 4.69) is 42.5 Å². The number of anilines is 2. The molecule has 2 N–H and O–H groups in total. The van der Waals surface area contributed by atoms with Gasteiger partial charge in [0.25, 0.3) is 11.8 Å². The Balaban J connectivity index is 1.78. The standard InChI is InChI=1S/C28H25Br2N3O4/c1-4-36-23-10-8-22(9-11-23)32-28(35)20(15-31)12-19-13-21(29)14-24(30)27(19)37-16-26(34)33-25-7-5-6-17(2)18(25)3/h5-14H,4,16H2,1-3H3,(H,32,35)(H,33,34)/b20-12+. The molecule has 0 aliphatic carbocycles. The number of nitrogens with one attached hydrogen (secondary N) is 2. The van der Waals surface area contributed by atoms with Crippen LogP contribution in [0.1, 0.15) is 23.6 Å².